The van der Waals surface area contributed by atoms with Crippen LogP contribution in [0.5, 0.6) is 0 Å². The van der Waals surface area contributed by atoms with Gasteiger partial charge in [0.05, 0.1) is 17.1 Å². The van der Waals surface area contributed by atoms with E-state index < -0.39 is 0 Å². The number of pyridine rings is 1. The Balaban J connectivity index is 1.69. The average molecular weight is 518 g/mol. The number of β-amino-alcohol motifs (C(OH)–C–C–N with tert-alkyl or cyclic N) is 1. The molecule has 1 amide bonds. The lowest BCUT2D eigenvalue weighted by Gasteiger charge is -2.35. The highest BCUT2D eigenvalue weighted by atomic mass is 32.2. The Kier molecular flexibility index (Phi) is 8.55. The SMILES string of the molecule is CCOCCCN1C(=O)/C(=C/c2c(N3CCN(CCO)CC3)nc3ccc(C)cn3c2=O)SC1=S. The molecule has 0 saturated carbocycles. The van der Waals surface area contributed by atoms with Crippen molar-refractivity contribution < 1.29 is 14.6 Å². The number of piperazine rings is 1. The van der Waals surface area contributed by atoms with Gasteiger partial charge in [-0.1, -0.05) is 30.0 Å². The maximum absolute atomic E-state index is 13.6. The number of carbonyl (C=O) groups is 1. The molecular weight excluding hydrogens is 486 g/mol. The summed E-state index contributed by atoms with van der Waals surface area (Å²) in [6.07, 6.45) is 4.11. The quantitative estimate of drug-likeness (QED) is 0.303. The first-order chi connectivity index (χ1) is 16.9. The smallest absolute Gasteiger partial charge is 0.267 e. The second-order valence-electron chi connectivity index (χ2n) is 8.53. The highest BCUT2D eigenvalue weighted by Crippen LogP contribution is 2.33. The third kappa shape index (κ3) is 5.75. The lowest BCUT2D eigenvalue weighted by atomic mass is 10.2. The van der Waals surface area contributed by atoms with Crippen molar-refractivity contribution in [3.05, 3.63) is 44.7 Å². The summed E-state index contributed by atoms with van der Waals surface area (Å²) in [6, 6.07) is 3.77. The highest BCUT2D eigenvalue weighted by molar-refractivity contribution is 8.26. The van der Waals surface area contributed by atoms with Gasteiger partial charge in [0.25, 0.3) is 11.5 Å². The molecule has 2 aliphatic heterocycles. The van der Waals surface area contributed by atoms with Gasteiger partial charge in [0, 0.05) is 58.7 Å². The first kappa shape index (κ1) is 25.8. The molecule has 2 aromatic rings. The van der Waals surface area contributed by atoms with E-state index in [0.717, 1.165) is 18.7 Å². The van der Waals surface area contributed by atoms with Crippen molar-refractivity contribution in [3.8, 4) is 0 Å². The van der Waals surface area contributed by atoms with Gasteiger partial charge >= 0.3 is 0 Å². The molecule has 188 valence electrons. The number of aliphatic hydroxyl groups is 1. The molecule has 2 aromatic heterocycles. The highest BCUT2D eigenvalue weighted by Gasteiger charge is 2.33. The molecule has 0 atom stereocenters. The average Bonchev–Trinajstić information content (AvgIpc) is 3.12. The van der Waals surface area contributed by atoms with Gasteiger partial charge in [-0.15, -0.1) is 0 Å². The number of thioether (sulfide) groups is 1. The first-order valence-corrected chi connectivity index (χ1v) is 13.1. The summed E-state index contributed by atoms with van der Waals surface area (Å²) in [7, 11) is 0. The van der Waals surface area contributed by atoms with Crippen LogP contribution in [-0.2, 0) is 9.53 Å². The minimum Gasteiger partial charge on any atom is -0.395 e. The summed E-state index contributed by atoms with van der Waals surface area (Å²) in [5.74, 6) is 0.382. The fraction of sp³-hybridized carbons (Fsp3) is 0.500. The van der Waals surface area contributed by atoms with Crippen LogP contribution < -0.4 is 10.5 Å². The monoisotopic (exact) mass is 517 g/mol. The molecule has 0 aliphatic carbocycles. The zero-order chi connectivity index (χ0) is 24.9. The van der Waals surface area contributed by atoms with Crippen molar-refractivity contribution in [2.75, 3.05) is 64.0 Å². The topological polar surface area (TPSA) is 90.6 Å². The molecule has 2 saturated heterocycles. The van der Waals surface area contributed by atoms with Crippen LogP contribution in [0.4, 0.5) is 5.82 Å². The molecule has 1 N–H and O–H groups in total. The number of fused-ring (bicyclic) bond motifs is 1. The van der Waals surface area contributed by atoms with Crippen LogP contribution in [0.3, 0.4) is 0 Å². The third-order valence-corrected chi connectivity index (χ3v) is 7.47. The zero-order valence-corrected chi connectivity index (χ0v) is 21.7. The van der Waals surface area contributed by atoms with Crippen LogP contribution in [0.1, 0.15) is 24.5 Å². The molecule has 0 spiro atoms. The lowest BCUT2D eigenvalue weighted by molar-refractivity contribution is -0.122. The fourth-order valence-electron chi connectivity index (χ4n) is 4.23. The van der Waals surface area contributed by atoms with Crippen molar-refractivity contribution >= 4 is 51.7 Å². The number of ether oxygens (including phenoxy) is 1. The molecule has 0 radical (unpaired) electrons. The number of amides is 1. The van der Waals surface area contributed by atoms with E-state index in [1.165, 1.54) is 16.2 Å². The molecule has 4 heterocycles. The largest absolute Gasteiger partial charge is 0.395 e. The maximum Gasteiger partial charge on any atom is 0.267 e. The summed E-state index contributed by atoms with van der Waals surface area (Å²) in [5, 5.41) is 9.26. The summed E-state index contributed by atoms with van der Waals surface area (Å²) < 4.78 is 7.41. The van der Waals surface area contributed by atoms with Crippen LogP contribution in [0.25, 0.3) is 11.7 Å². The van der Waals surface area contributed by atoms with Gasteiger partial charge in [-0.05, 0) is 38.0 Å². The molecule has 4 rings (SSSR count). The zero-order valence-electron chi connectivity index (χ0n) is 20.1. The van der Waals surface area contributed by atoms with Crippen LogP contribution in [-0.4, -0.2) is 93.6 Å². The van der Waals surface area contributed by atoms with Gasteiger partial charge in [0.1, 0.15) is 15.8 Å². The Labute approximate surface area is 214 Å². The number of carbonyl (C=O) groups excluding carboxylic acids is 1. The van der Waals surface area contributed by atoms with E-state index in [0.29, 0.717) is 72.1 Å². The molecule has 0 bridgehead atoms. The van der Waals surface area contributed by atoms with Gasteiger partial charge in [-0.3, -0.25) is 23.8 Å². The number of hydrogen-bond donors (Lipinski definition) is 1. The van der Waals surface area contributed by atoms with Gasteiger partial charge in [-0.25, -0.2) is 4.98 Å². The summed E-state index contributed by atoms with van der Waals surface area (Å²) in [5.41, 5.74) is 1.68. The van der Waals surface area contributed by atoms with Crippen LogP contribution in [0.15, 0.2) is 28.0 Å². The third-order valence-electron chi connectivity index (χ3n) is 6.10. The molecule has 35 heavy (non-hydrogen) atoms. The lowest BCUT2D eigenvalue weighted by Crippen LogP contribution is -2.48. The maximum atomic E-state index is 13.6. The van der Waals surface area contributed by atoms with Crippen molar-refractivity contribution in [2.45, 2.75) is 20.3 Å². The van der Waals surface area contributed by atoms with Crippen molar-refractivity contribution in [1.29, 1.82) is 0 Å². The molecular formula is C24H31N5O4S2. The number of nitrogens with zero attached hydrogens (tertiary/aromatic N) is 5. The normalized spacial score (nSPS) is 18.4. The van der Waals surface area contributed by atoms with E-state index in [4.69, 9.17) is 21.9 Å². The van der Waals surface area contributed by atoms with E-state index in [2.05, 4.69) is 9.80 Å². The van der Waals surface area contributed by atoms with Crippen molar-refractivity contribution in [3.63, 3.8) is 0 Å². The second kappa shape index (κ2) is 11.6. The van der Waals surface area contributed by atoms with E-state index in [-0.39, 0.29) is 18.1 Å². The Morgan fingerprint density at radius 2 is 1.97 bits per heavy atom. The number of aryl methyl sites for hydroxylation is 1. The van der Waals surface area contributed by atoms with Gasteiger partial charge in [0.2, 0.25) is 0 Å². The molecule has 2 fully saturated rings. The van der Waals surface area contributed by atoms with Crippen molar-refractivity contribution in [1.82, 2.24) is 19.2 Å². The minimum atomic E-state index is -0.215. The Hall–Kier alpha value is -2.31. The number of aromatic nitrogens is 2. The molecule has 9 nitrogen and oxygen atoms in total. The van der Waals surface area contributed by atoms with Crippen molar-refractivity contribution in [2.24, 2.45) is 0 Å². The Morgan fingerprint density at radius 3 is 2.69 bits per heavy atom. The van der Waals surface area contributed by atoms with E-state index in [9.17, 15) is 14.7 Å². The number of thiocarbonyl (C=S) groups is 1. The number of aliphatic hydroxyl groups excluding tert-OH is 1. The standard InChI is InChI=1S/C24H31N5O4S2/c1-3-33-14-4-7-28-23(32)19(35-24(28)34)15-18-21(27-10-8-26(9-11-27)12-13-30)25-20-6-5-17(2)16-29(20)22(18)31/h5-6,15-16,30H,3-4,7-14H2,1-2H3/b19-15-. The Morgan fingerprint density at radius 1 is 1.20 bits per heavy atom. The molecule has 2 aliphatic rings. The van der Waals surface area contributed by atoms with E-state index in [1.807, 2.05) is 26.0 Å². The predicted molar refractivity (Wildman–Crippen MR) is 143 cm³/mol. The summed E-state index contributed by atoms with van der Waals surface area (Å²) in [4.78, 5) is 37.9. The van der Waals surface area contributed by atoms with E-state index >= 15 is 0 Å². The minimum absolute atomic E-state index is 0.118. The molecule has 0 aromatic carbocycles. The van der Waals surface area contributed by atoms with Gasteiger partial charge in [-0.2, -0.15) is 0 Å². The fourth-order valence-corrected chi connectivity index (χ4v) is 5.52. The molecule has 0 unspecified atom stereocenters. The Bertz CT molecular complexity index is 1190. The van der Waals surface area contributed by atoms with Gasteiger partial charge < -0.3 is 14.7 Å². The number of anilines is 1. The molecule has 11 heteroatoms. The predicted octanol–water partition coefficient (Wildman–Crippen LogP) is 1.75. The van der Waals surface area contributed by atoms with Gasteiger partial charge in [0.15, 0.2) is 0 Å². The van der Waals surface area contributed by atoms with Crippen LogP contribution in [0, 0.1) is 6.92 Å². The number of rotatable bonds is 9. The van der Waals surface area contributed by atoms with Crippen LogP contribution >= 0.6 is 24.0 Å². The summed E-state index contributed by atoms with van der Waals surface area (Å²) in [6.45, 7) is 9.15. The van der Waals surface area contributed by atoms with E-state index in [1.54, 1.807) is 17.2 Å². The summed E-state index contributed by atoms with van der Waals surface area (Å²) >= 11 is 6.68. The number of hydrogen-bond acceptors (Lipinski definition) is 9. The second-order valence-corrected chi connectivity index (χ2v) is 10.2. The van der Waals surface area contributed by atoms with Crippen LogP contribution in [0.2, 0.25) is 0 Å². The first-order valence-electron chi connectivity index (χ1n) is 11.9.